The highest BCUT2D eigenvalue weighted by molar-refractivity contribution is 7.89. The number of piperazine rings is 1. The van der Waals surface area contributed by atoms with Crippen LogP contribution in [0.5, 0.6) is 5.75 Å². The van der Waals surface area contributed by atoms with Gasteiger partial charge in [0.2, 0.25) is 10.0 Å². The monoisotopic (exact) mass is 400 g/mol. The number of carbonyl (C=O) groups excluding carboxylic acids is 1. The Balaban J connectivity index is 1.70. The van der Waals surface area contributed by atoms with E-state index in [0.29, 0.717) is 25.1 Å². The summed E-state index contributed by atoms with van der Waals surface area (Å²) in [5.74, 6) is 0.611. The molecule has 0 spiro atoms. The van der Waals surface area contributed by atoms with E-state index in [4.69, 9.17) is 4.74 Å². The Morgan fingerprint density at radius 3 is 2.39 bits per heavy atom. The number of hydrogen-bond acceptors (Lipinski definition) is 4. The van der Waals surface area contributed by atoms with Crippen LogP contribution in [0.25, 0.3) is 0 Å². The molecule has 28 heavy (non-hydrogen) atoms. The molecule has 0 saturated carbocycles. The third-order valence-corrected chi connectivity index (χ3v) is 6.71. The van der Waals surface area contributed by atoms with Crippen LogP contribution in [0.15, 0.2) is 66.1 Å². The molecule has 2 aromatic carbocycles. The van der Waals surface area contributed by atoms with E-state index in [0.717, 1.165) is 11.3 Å². The van der Waals surface area contributed by atoms with E-state index in [1.807, 2.05) is 6.07 Å². The first-order chi connectivity index (χ1) is 13.5. The van der Waals surface area contributed by atoms with E-state index in [-0.39, 0.29) is 23.9 Å². The molecule has 3 rings (SSSR count). The van der Waals surface area contributed by atoms with Crippen LogP contribution in [0.4, 0.5) is 0 Å². The van der Waals surface area contributed by atoms with Crippen LogP contribution in [0.3, 0.4) is 0 Å². The van der Waals surface area contributed by atoms with Crippen molar-refractivity contribution in [3.8, 4) is 5.75 Å². The molecule has 1 saturated heterocycles. The first kappa shape index (κ1) is 20.1. The lowest BCUT2D eigenvalue weighted by molar-refractivity contribution is 0.0697. The molecule has 1 heterocycles. The van der Waals surface area contributed by atoms with Gasteiger partial charge in [-0.05, 0) is 42.3 Å². The highest BCUT2D eigenvalue weighted by atomic mass is 32.2. The number of amides is 1. The zero-order valence-corrected chi connectivity index (χ0v) is 16.7. The average molecular weight is 401 g/mol. The zero-order valence-electron chi connectivity index (χ0n) is 15.9. The van der Waals surface area contributed by atoms with Crippen LogP contribution in [0, 0.1) is 0 Å². The number of nitrogens with zero attached hydrogens (tertiary/aromatic N) is 2. The number of methoxy groups -OCH3 is 1. The first-order valence-electron chi connectivity index (χ1n) is 9.09. The molecule has 1 fully saturated rings. The topological polar surface area (TPSA) is 66.9 Å². The minimum Gasteiger partial charge on any atom is -0.496 e. The van der Waals surface area contributed by atoms with Crippen molar-refractivity contribution in [2.24, 2.45) is 0 Å². The molecule has 148 valence electrons. The Morgan fingerprint density at radius 2 is 1.79 bits per heavy atom. The van der Waals surface area contributed by atoms with E-state index in [1.54, 1.807) is 60.6 Å². The van der Waals surface area contributed by atoms with Crippen molar-refractivity contribution in [2.45, 2.75) is 11.3 Å². The normalized spacial score (nSPS) is 15.2. The van der Waals surface area contributed by atoms with E-state index < -0.39 is 10.0 Å². The molecular formula is C21H24N2O4S. The smallest absolute Gasteiger partial charge is 0.253 e. The van der Waals surface area contributed by atoms with Crippen LogP contribution in [-0.4, -0.2) is 56.8 Å². The quantitative estimate of drug-likeness (QED) is 0.699. The van der Waals surface area contributed by atoms with Gasteiger partial charge in [-0.2, -0.15) is 4.31 Å². The molecule has 0 aromatic heterocycles. The predicted molar refractivity (Wildman–Crippen MR) is 108 cm³/mol. The lowest BCUT2D eigenvalue weighted by Crippen LogP contribution is -2.50. The Bertz CT molecular complexity index is 950. The first-order valence-corrected chi connectivity index (χ1v) is 10.5. The Morgan fingerprint density at radius 1 is 1.11 bits per heavy atom. The molecule has 2 aromatic rings. The number of sulfonamides is 1. The van der Waals surface area contributed by atoms with Gasteiger partial charge in [0.05, 0.1) is 12.0 Å². The van der Waals surface area contributed by atoms with Crippen LogP contribution in [0.1, 0.15) is 15.9 Å². The molecule has 0 bridgehead atoms. The summed E-state index contributed by atoms with van der Waals surface area (Å²) in [5, 5.41) is 0. The molecular weight excluding hydrogens is 376 g/mol. The van der Waals surface area contributed by atoms with Gasteiger partial charge in [0.1, 0.15) is 5.75 Å². The van der Waals surface area contributed by atoms with Gasteiger partial charge in [-0.1, -0.05) is 24.3 Å². The maximum atomic E-state index is 12.9. The predicted octanol–water partition coefficient (Wildman–Crippen LogP) is 2.57. The summed E-state index contributed by atoms with van der Waals surface area (Å²) in [7, 11) is -1.94. The second-order valence-corrected chi connectivity index (χ2v) is 8.47. The highest BCUT2D eigenvalue weighted by Crippen LogP contribution is 2.23. The summed E-state index contributed by atoms with van der Waals surface area (Å²) < 4.78 is 32.2. The van der Waals surface area contributed by atoms with Crippen LogP contribution in [0.2, 0.25) is 0 Å². The molecule has 1 amide bonds. The fraction of sp³-hybridized carbons (Fsp3) is 0.286. The maximum Gasteiger partial charge on any atom is 0.253 e. The van der Waals surface area contributed by atoms with Gasteiger partial charge in [0.25, 0.3) is 5.91 Å². The average Bonchev–Trinajstić information content (AvgIpc) is 2.74. The summed E-state index contributed by atoms with van der Waals surface area (Å²) in [6.07, 6.45) is 2.37. The van der Waals surface area contributed by atoms with Crippen molar-refractivity contribution in [1.29, 1.82) is 0 Å². The number of ether oxygens (including phenoxy) is 1. The molecule has 7 heteroatoms. The van der Waals surface area contributed by atoms with Crippen molar-refractivity contribution in [3.63, 3.8) is 0 Å². The molecule has 0 radical (unpaired) electrons. The molecule has 0 aliphatic carbocycles. The second-order valence-electron chi connectivity index (χ2n) is 6.53. The SMILES string of the molecule is C=CCc1cc(C(=O)N2CCN(S(=O)(=O)c3ccccc3)CC2)ccc1OC. The van der Waals surface area contributed by atoms with Crippen molar-refractivity contribution in [1.82, 2.24) is 9.21 Å². The highest BCUT2D eigenvalue weighted by Gasteiger charge is 2.30. The largest absolute Gasteiger partial charge is 0.496 e. The van der Waals surface area contributed by atoms with Gasteiger partial charge in [0, 0.05) is 31.7 Å². The fourth-order valence-corrected chi connectivity index (χ4v) is 4.73. The van der Waals surface area contributed by atoms with Crippen molar-refractivity contribution in [3.05, 3.63) is 72.3 Å². The third-order valence-electron chi connectivity index (χ3n) is 4.80. The summed E-state index contributed by atoms with van der Waals surface area (Å²) >= 11 is 0. The van der Waals surface area contributed by atoms with Crippen LogP contribution in [-0.2, 0) is 16.4 Å². The van der Waals surface area contributed by atoms with Crippen molar-refractivity contribution < 1.29 is 17.9 Å². The van der Waals surface area contributed by atoms with E-state index in [9.17, 15) is 13.2 Å². The fourth-order valence-electron chi connectivity index (χ4n) is 3.28. The maximum absolute atomic E-state index is 12.9. The summed E-state index contributed by atoms with van der Waals surface area (Å²) in [6, 6.07) is 13.7. The Hall–Kier alpha value is -2.64. The number of hydrogen-bond donors (Lipinski definition) is 0. The van der Waals surface area contributed by atoms with Gasteiger partial charge in [-0.25, -0.2) is 8.42 Å². The van der Waals surface area contributed by atoms with E-state index in [2.05, 4.69) is 6.58 Å². The number of benzene rings is 2. The third kappa shape index (κ3) is 4.10. The Kier molecular flexibility index (Phi) is 6.16. The van der Waals surface area contributed by atoms with Gasteiger partial charge < -0.3 is 9.64 Å². The van der Waals surface area contributed by atoms with Crippen molar-refractivity contribution in [2.75, 3.05) is 33.3 Å². The van der Waals surface area contributed by atoms with Gasteiger partial charge >= 0.3 is 0 Å². The van der Waals surface area contributed by atoms with Gasteiger partial charge in [-0.15, -0.1) is 6.58 Å². The minimum atomic E-state index is -3.53. The molecule has 1 aliphatic rings. The zero-order chi connectivity index (χ0) is 20.1. The van der Waals surface area contributed by atoms with Gasteiger partial charge in [-0.3, -0.25) is 4.79 Å². The lowest BCUT2D eigenvalue weighted by Gasteiger charge is -2.34. The summed E-state index contributed by atoms with van der Waals surface area (Å²) in [4.78, 5) is 14.8. The summed E-state index contributed by atoms with van der Waals surface area (Å²) in [6.45, 7) is 5.00. The standard InChI is InChI=1S/C21H24N2O4S/c1-3-7-17-16-18(10-11-20(17)27-2)21(24)22-12-14-23(15-13-22)28(25,26)19-8-5-4-6-9-19/h3-6,8-11,16H,1,7,12-15H2,2H3. The molecule has 0 atom stereocenters. The van der Waals surface area contributed by atoms with Gasteiger partial charge in [0.15, 0.2) is 0 Å². The van der Waals surface area contributed by atoms with Crippen molar-refractivity contribution >= 4 is 15.9 Å². The molecule has 1 aliphatic heterocycles. The number of carbonyl (C=O) groups is 1. The van der Waals surface area contributed by atoms with E-state index in [1.165, 1.54) is 4.31 Å². The Labute approximate surface area is 166 Å². The number of allylic oxidation sites excluding steroid dienone is 1. The molecule has 0 N–H and O–H groups in total. The van der Waals surface area contributed by atoms with Crippen LogP contribution >= 0.6 is 0 Å². The second kappa shape index (κ2) is 8.58. The van der Waals surface area contributed by atoms with Crippen LogP contribution < -0.4 is 4.74 Å². The van der Waals surface area contributed by atoms with E-state index >= 15 is 0 Å². The summed E-state index contributed by atoms with van der Waals surface area (Å²) in [5.41, 5.74) is 1.46. The minimum absolute atomic E-state index is 0.107. The lowest BCUT2D eigenvalue weighted by atomic mass is 10.1. The number of rotatable bonds is 6. The molecule has 6 nitrogen and oxygen atoms in total. The molecule has 0 unspecified atom stereocenters.